The Morgan fingerprint density at radius 1 is 0.821 bits per heavy atom. The Balaban J connectivity index is 1.84. The maximum atomic E-state index is 12.5. The summed E-state index contributed by atoms with van der Waals surface area (Å²) in [6.07, 6.45) is -3.33. The van der Waals surface area contributed by atoms with Gasteiger partial charge in [-0.25, -0.2) is 9.59 Å². The molecular formula is C20H14N2O6. The smallest absolute Gasteiger partial charge is 0.339 e. The number of likely N-dealkylation sites (tertiary alicyclic amines) is 1. The number of hydrogen-bond donors (Lipinski definition) is 0. The number of nitriles is 1. The van der Waals surface area contributed by atoms with Crippen LogP contribution in [0.3, 0.4) is 0 Å². The normalized spacial score (nSPS) is 18.5. The molecule has 1 fully saturated rings. The monoisotopic (exact) mass is 378 g/mol. The van der Waals surface area contributed by atoms with Gasteiger partial charge in [0, 0.05) is 0 Å². The zero-order valence-corrected chi connectivity index (χ0v) is 14.5. The minimum absolute atomic E-state index is 0.162. The third kappa shape index (κ3) is 3.73. The summed E-state index contributed by atoms with van der Waals surface area (Å²) < 4.78 is 10.3. The average molecular weight is 378 g/mol. The third-order valence-electron chi connectivity index (χ3n) is 4.01. The maximum Gasteiger partial charge on any atom is 0.339 e. The molecule has 1 saturated heterocycles. The number of esters is 2. The van der Waals surface area contributed by atoms with E-state index in [-0.39, 0.29) is 11.1 Å². The third-order valence-corrected chi connectivity index (χ3v) is 4.01. The Morgan fingerprint density at radius 2 is 1.21 bits per heavy atom. The van der Waals surface area contributed by atoms with E-state index in [0.29, 0.717) is 4.90 Å². The predicted molar refractivity (Wildman–Crippen MR) is 93.6 cm³/mol. The number of ether oxygens (including phenoxy) is 2. The summed E-state index contributed by atoms with van der Waals surface area (Å²) in [4.78, 5) is 50.2. The molecule has 140 valence electrons. The van der Waals surface area contributed by atoms with E-state index in [2.05, 4.69) is 0 Å². The Bertz CT molecular complexity index is 880. The van der Waals surface area contributed by atoms with E-state index in [1.54, 1.807) is 42.5 Å². The SMILES string of the molecule is N#CCN1C(=O)C(OC(=O)c2ccccc2)C(OC(=O)c2ccccc2)C1=O. The summed E-state index contributed by atoms with van der Waals surface area (Å²) >= 11 is 0. The van der Waals surface area contributed by atoms with Crippen LogP contribution in [-0.2, 0) is 19.1 Å². The highest BCUT2D eigenvalue weighted by Crippen LogP contribution is 2.22. The minimum atomic E-state index is -1.67. The van der Waals surface area contributed by atoms with E-state index in [9.17, 15) is 19.2 Å². The van der Waals surface area contributed by atoms with Crippen LogP contribution in [-0.4, -0.2) is 47.4 Å². The van der Waals surface area contributed by atoms with Gasteiger partial charge in [-0.3, -0.25) is 14.5 Å². The second kappa shape index (κ2) is 8.14. The van der Waals surface area contributed by atoms with Crippen molar-refractivity contribution in [1.29, 1.82) is 5.26 Å². The van der Waals surface area contributed by atoms with Crippen LogP contribution in [0.15, 0.2) is 60.7 Å². The molecule has 0 aliphatic carbocycles. The number of hydrogen-bond acceptors (Lipinski definition) is 7. The molecule has 0 bridgehead atoms. The van der Waals surface area contributed by atoms with Crippen molar-refractivity contribution in [3.63, 3.8) is 0 Å². The number of nitrogens with zero attached hydrogens (tertiary/aromatic N) is 2. The predicted octanol–water partition coefficient (Wildman–Crippen LogP) is 1.33. The van der Waals surface area contributed by atoms with Gasteiger partial charge in [-0.2, -0.15) is 5.26 Å². The first-order valence-corrected chi connectivity index (χ1v) is 8.27. The van der Waals surface area contributed by atoms with Crippen LogP contribution in [0, 0.1) is 11.3 Å². The van der Waals surface area contributed by atoms with E-state index in [1.807, 2.05) is 0 Å². The van der Waals surface area contributed by atoms with Crippen molar-refractivity contribution in [3.05, 3.63) is 71.8 Å². The molecule has 2 unspecified atom stereocenters. The second-order valence-corrected chi connectivity index (χ2v) is 5.80. The van der Waals surface area contributed by atoms with Crippen molar-refractivity contribution in [3.8, 4) is 6.07 Å². The molecule has 0 spiro atoms. The molecule has 2 amide bonds. The maximum absolute atomic E-state index is 12.5. The molecule has 0 aromatic heterocycles. The highest BCUT2D eigenvalue weighted by Gasteiger charge is 2.52. The van der Waals surface area contributed by atoms with Gasteiger partial charge in [0.1, 0.15) is 6.54 Å². The number of carbonyl (C=O) groups excluding carboxylic acids is 4. The summed E-state index contributed by atoms with van der Waals surface area (Å²) in [5.41, 5.74) is 0.323. The van der Waals surface area contributed by atoms with Crippen LogP contribution in [0.1, 0.15) is 20.7 Å². The Hall–Kier alpha value is -3.99. The summed E-state index contributed by atoms with van der Waals surface area (Å²) in [5, 5.41) is 8.84. The van der Waals surface area contributed by atoms with Gasteiger partial charge in [-0.05, 0) is 24.3 Å². The fraction of sp³-hybridized carbons (Fsp3) is 0.150. The lowest BCUT2D eigenvalue weighted by Crippen LogP contribution is -2.37. The van der Waals surface area contributed by atoms with Gasteiger partial charge < -0.3 is 9.47 Å². The van der Waals surface area contributed by atoms with Crippen molar-refractivity contribution in [2.45, 2.75) is 12.2 Å². The molecule has 28 heavy (non-hydrogen) atoms. The number of imide groups is 1. The second-order valence-electron chi connectivity index (χ2n) is 5.80. The summed E-state index contributed by atoms with van der Waals surface area (Å²) in [6.45, 7) is -0.545. The standard InChI is InChI=1S/C20H14N2O6/c21-11-12-22-17(23)15(27-19(25)13-7-3-1-4-8-13)16(18(22)24)28-20(26)14-9-5-2-6-10-14/h1-10,15-16H,12H2. The largest absolute Gasteiger partial charge is 0.444 e. The molecule has 0 radical (unpaired) electrons. The number of amides is 2. The molecule has 2 aromatic rings. The van der Waals surface area contributed by atoms with E-state index >= 15 is 0 Å². The molecule has 1 aliphatic rings. The molecule has 0 saturated carbocycles. The molecule has 0 N–H and O–H groups in total. The van der Waals surface area contributed by atoms with Gasteiger partial charge in [0.15, 0.2) is 0 Å². The first-order chi connectivity index (χ1) is 13.5. The first-order valence-electron chi connectivity index (χ1n) is 8.27. The number of benzene rings is 2. The van der Waals surface area contributed by atoms with E-state index < -0.39 is 42.5 Å². The average Bonchev–Trinajstić information content (AvgIpc) is 2.94. The minimum Gasteiger partial charge on any atom is -0.444 e. The van der Waals surface area contributed by atoms with Crippen molar-refractivity contribution < 1.29 is 28.7 Å². The summed E-state index contributed by atoms with van der Waals surface area (Å²) in [7, 11) is 0. The Labute approximate surface area is 159 Å². The van der Waals surface area contributed by atoms with Gasteiger partial charge in [-0.1, -0.05) is 36.4 Å². The Kier molecular flexibility index (Phi) is 5.46. The molecule has 1 heterocycles. The van der Waals surface area contributed by atoms with Crippen LogP contribution in [0.5, 0.6) is 0 Å². The Morgan fingerprint density at radius 3 is 1.57 bits per heavy atom. The highest BCUT2D eigenvalue weighted by molar-refractivity contribution is 6.10. The highest BCUT2D eigenvalue weighted by atomic mass is 16.6. The van der Waals surface area contributed by atoms with Crippen LogP contribution in [0.2, 0.25) is 0 Å². The van der Waals surface area contributed by atoms with Crippen LogP contribution in [0.4, 0.5) is 0 Å². The lowest BCUT2D eigenvalue weighted by Gasteiger charge is -2.16. The first kappa shape index (κ1) is 18.8. The molecule has 2 atom stereocenters. The van der Waals surface area contributed by atoms with Crippen LogP contribution < -0.4 is 0 Å². The topological polar surface area (TPSA) is 114 Å². The lowest BCUT2D eigenvalue weighted by atomic mass is 10.2. The molecule has 2 aromatic carbocycles. The van der Waals surface area contributed by atoms with E-state index in [1.165, 1.54) is 24.3 Å². The van der Waals surface area contributed by atoms with E-state index in [4.69, 9.17) is 14.7 Å². The molecule has 1 aliphatic heterocycles. The molecule has 8 nitrogen and oxygen atoms in total. The van der Waals surface area contributed by atoms with Gasteiger partial charge in [0.05, 0.1) is 17.2 Å². The van der Waals surface area contributed by atoms with Crippen molar-refractivity contribution in [2.75, 3.05) is 6.54 Å². The van der Waals surface area contributed by atoms with Crippen LogP contribution in [0.25, 0.3) is 0 Å². The lowest BCUT2D eigenvalue weighted by molar-refractivity contribution is -0.140. The van der Waals surface area contributed by atoms with Gasteiger partial charge in [-0.15, -0.1) is 0 Å². The summed E-state index contributed by atoms with van der Waals surface area (Å²) in [5.74, 6) is -3.54. The molecular weight excluding hydrogens is 364 g/mol. The quantitative estimate of drug-likeness (QED) is 0.438. The van der Waals surface area contributed by atoms with Crippen molar-refractivity contribution in [1.82, 2.24) is 4.90 Å². The molecule has 3 rings (SSSR count). The zero-order valence-electron chi connectivity index (χ0n) is 14.5. The zero-order chi connectivity index (χ0) is 20.1. The fourth-order valence-corrected chi connectivity index (χ4v) is 2.64. The van der Waals surface area contributed by atoms with Gasteiger partial charge in [0.25, 0.3) is 11.8 Å². The van der Waals surface area contributed by atoms with Crippen molar-refractivity contribution in [2.24, 2.45) is 0 Å². The fourth-order valence-electron chi connectivity index (χ4n) is 2.64. The number of rotatable bonds is 5. The summed E-state index contributed by atoms with van der Waals surface area (Å²) in [6, 6.07) is 17.4. The van der Waals surface area contributed by atoms with Crippen molar-refractivity contribution >= 4 is 23.8 Å². The van der Waals surface area contributed by atoms with Gasteiger partial charge in [0.2, 0.25) is 12.2 Å². The van der Waals surface area contributed by atoms with Gasteiger partial charge >= 0.3 is 11.9 Å². The van der Waals surface area contributed by atoms with E-state index in [0.717, 1.165) is 0 Å². The molecule has 8 heteroatoms. The number of carbonyl (C=O) groups is 4. The van der Waals surface area contributed by atoms with Crippen LogP contribution >= 0.6 is 0 Å².